The van der Waals surface area contributed by atoms with E-state index in [0.29, 0.717) is 5.56 Å². The number of hydrogen-bond donors (Lipinski definition) is 2. The third kappa shape index (κ3) is 5.32. The highest BCUT2D eigenvalue weighted by atomic mass is 16.2. The fourth-order valence-corrected chi connectivity index (χ4v) is 3.97. The van der Waals surface area contributed by atoms with Gasteiger partial charge in [-0.2, -0.15) is 0 Å². The number of likely N-dealkylation sites (tertiary alicyclic amines) is 1. The average Bonchev–Trinajstić information content (AvgIpc) is 3.15. The molecule has 25 heavy (non-hydrogen) atoms. The molecule has 0 radical (unpaired) electrons. The molecule has 1 saturated heterocycles. The summed E-state index contributed by atoms with van der Waals surface area (Å²) in [5, 5.41) is 11.9. The van der Waals surface area contributed by atoms with Crippen LogP contribution in [0.2, 0.25) is 0 Å². The van der Waals surface area contributed by atoms with Gasteiger partial charge in [0.1, 0.15) is 6.61 Å². The first-order chi connectivity index (χ1) is 12.2. The quantitative estimate of drug-likeness (QED) is 0.828. The Morgan fingerprint density at radius 2 is 1.96 bits per heavy atom. The van der Waals surface area contributed by atoms with Crippen molar-refractivity contribution in [1.29, 1.82) is 0 Å². The van der Waals surface area contributed by atoms with E-state index in [1.54, 1.807) is 6.07 Å². The van der Waals surface area contributed by atoms with Gasteiger partial charge in [0.15, 0.2) is 0 Å². The Labute approximate surface area is 150 Å². The summed E-state index contributed by atoms with van der Waals surface area (Å²) >= 11 is 0. The zero-order valence-corrected chi connectivity index (χ0v) is 14.8. The highest BCUT2D eigenvalue weighted by Crippen LogP contribution is 2.26. The Morgan fingerprint density at radius 1 is 1.20 bits per heavy atom. The van der Waals surface area contributed by atoms with Gasteiger partial charge in [-0.1, -0.05) is 30.7 Å². The molecule has 1 aromatic carbocycles. The van der Waals surface area contributed by atoms with Crippen LogP contribution < -0.4 is 5.32 Å². The molecule has 2 fully saturated rings. The number of rotatable bonds is 4. The van der Waals surface area contributed by atoms with Crippen LogP contribution in [0.15, 0.2) is 24.3 Å². The second-order valence-electron chi connectivity index (χ2n) is 7.24. The van der Waals surface area contributed by atoms with E-state index >= 15 is 0 Å². The van der Waals surface area contributed by atoms with Crippen molar-refractivity contribution in [3.8, 4) is 11.8 Å². The molecule has 0 atom stereocenters. The van der Waals surface area contributed by atoms with E-state index in [-0.39, 0.29) is 18.6 Å². The van der Waals surface area contributed by atoms with E-state index in [0.717, 1.165) is 37.4 Å². The molecule has 4 heteroatoms. The Kier molecular flexibility index (Phi) is 6.49. The molecule has 0 unspecified atom stereocenters. The summed E-state index contributed by atoms with van der Waals surface area (Å²) in [5.74, 6) is 6.33. The van der Waals surface area contributed by atoms with Crippen LogP contribution in [-0.4, -0.2) is 48.2 Å². The highest BCUT2D eigenvalue weighted by molar-refractivity contribution is 5.94. The lowest BCUT2D eigenvalue weighted by Gasteiger charge is -2.33. The standard InChI is InChI=1S/C21H28N2O2/c24-14-4-8-17-7-3-9-19(15-17)21(25)22-20-10-12-23(13-11-20)16-18-5-1-2-6-18/h3,7,9,15,18,20,24H,1-2,5-6,10-14,16H2,(H,22,25). The number of aliphatic hydroxyl groups is 1. The monoisotopic (exact) mass is 340 g/mol. The third-order valence-electron chi connectivity index (χ3n) is 5.35. The minimum absolute atomic E-state index is 0.0260. The summed E-state index contributed by atoms with van der Waals surface area (Å²) in [5.41, 5.74) is 1.39. The number of nitrogens with one attached hydrogen (secondary N) is 1. The molecule has 0 bridgehead atoms. The molecule has 1 aromatic rings. The smallest absolute Gasteiger partial charge is 0.251 e. The van der Waals surface area contributed by atoms with E-state index < -0.39 is 0 Å². The van der Waals surface area contributed by atoms with Crippen LogP contribution in [-0.2, 0) is 0 Å². The lowest BCUT2D eigenvalue weighted by molar-refractivity contribution is 0.0905. The molecule has 1 aliphatic heterocycles. The summed E-state index contributed by atoms with van der Waals surface area (Å²) in [6, 6.07) is 7.54. The number of hydrogen-bond acceptors (Lipinski definition) is 3. The summed E-state index contributed by atoms with van der Waals surface area (Å²) in [7, 11) is 0. The van der Waals surface area contributed by atoms with Gasteiger partial charge in [-0.05, 0) is 49.8 Å². The number of nitrogens with zero attached hydrogens (tertiary/aromatic N) is 1. The Bertz CT molecular complexity index is 633. The second-order valence-corrected chi connectivity index (χ2v) is 7.24. The third-order valence-corrected chi connectivity index (χ3v) is 5.35. The normalized spacial score (nSPS) is 19.4. The molecular weight excluding hydrogens is 312 g/mol. The second kappa shape index (κ2) is 9.03. The van der Waals surface area contributed by atoms with Crippen molar-refractivity contribution in [2.75, 3.05) is 26.2 Å². The van der Waals surface area contributed by atoms with Crippen LogP contribution in [0.25, 0.3) is 0 Å². The predicted molar refractivity (Wildman–Crippen MR) is 99.3 cm³/mol. The first-order valence-corrected chi connectivity index (χ1v) is 9.47. The largest absolute Gasteiger partial charge is 0.384 e. The van der Waals surface area contributed by atoms with Crippen LogP contribution >= 0.6 is 0 Å². The Balaban J connectivity index is 1.47. The van der Waals surface area contributed by atoms with Gasteiger partial charge in [0, 0.05) is 36.8 Å². The number of benzene rings is 1. The lowest BCUT2D eigenvalue weighted by Crippen LogP contribution is -2.45. The molecular formula is C21H28N2O2. The predicted octanol–water partition coefficient (Wildman–Crippen LogP) is 2.41. The van der Waals surface area contributed by atoms with Gasteiger partial charge in [-0.15, -0.1) is 0 Å². The van der Waals surface area contributed by atoms with Crippen LogP contribution in [0.1, 0.15) is 54.4 Å². The Morgan fingerprint density at radius 3 is 2.68 bits per heavy atom. The summed E-state index contributed by atoms with van der Waals surface area (Å²) in [6.07, 6.45) is 7.65. The van der Waals surface area contributed by atoms with Crippen molar-refractivity contribution in [2.45, 2.75) is 44.6 Å². The molecule has 1 saturated carbocycles. The fraction of sp³-hybridized carbons (Fsp3) is 0.571. The van der Waals surface area contributed by atoms with Crippen molar-refractivity contribution in [3.05, 3.63) is 35.4 Å². The van der Waals surface area contributed by atoms with Gasteiger partial charge in [0.2, 0.25) is 0 Å². The topological polar surface area (TPSA) is 52.6 Å². The van der Waals surface area contributed by atoms with Crippen molar-refractivity contribution in [2.24, 2.45) is 5.92 Å². The van der Waals surface area contributed by atoms with E-state index in [4.69, 9.17) is 5.11 Å². The molecule has 1 aliphatic carbocycles. The van der Waals surface area contributed by atoms with Gasteiger partial charge in [0.05, 0.1) is 0 Å². The zero-order chi connectivity index (χ0) is 17.5. The number of amides is 1. The Hall–Kier alpha value is -1.83. The fourth-order valence-electron chi connectivity index (χ4n) is 3.97. The van der Waals surface area contributed by atoms with Gasteiger partial charge in [0.25, 0.3) is 5.91 Å². The summed E-state index contributed by atoms with van der Waals surface area (Å²) in [6.45, 7) is 3.25. The number of aliphatic hydroxyl groups excluding tert-OH is 1. The lowest BCUT2D eigenvalue weighted by atomic mass is 10.0. The minimum Gasteiger partial charge on any atom is -0.384 e. The molecule has 1 amide bonds. The van der Waals surface area contributed by atoms with Crippen LogP contribution in [0.3, 0.4) is 0 Å². The maximum absolute atomic E-state index is 12.5. The van der Waals surface area contributed by atoms with Crippen molar-refractivity contribution >= 4 is 5.91 Å². The molecule has 134 valence electrons. The first kappa shape index (κ1) is 18.0. The molecule has 2 N–H and O–H groups in total. The highest BCUT2D eigenvalue weighted by Gasteiger charge is 2.24. The molecule has 1 heterocycles. The minimum atomic E-state index is -0.171. The molecule has 0 aromatic heterocycles. The van der Waals surface area contributed by atoms with Gasteiger partial charge < -0.3 is 15.3 Å². The summed E-state index contributed by atoms with van der Waals surface area (Å²) < 4.78 is 0. The maximum Gasteiger partial charge on any atom is 0.251 e. The van der Waals surface area contributed by atoms with Crippen molar-refractivity contribution in [3.63, 3.8) is 0 Å². The van der Waals surface area contributed by atoms with Crippen LogP contribution in [0.4, 0.5) is 0 Å². The summed E-state index contributed by atoms with van der Waals surface area (Å²) in [4.78, 5) is 15.0. The van der Waals surface area contributed by atoms with E-state index in [1.165, 1.54) is 32.2 Å². The number of carbonyl (C=O) groups is 1. The maximum atomic E-state index is 12.5. The molecule has 3 rings (SSSR count). The van der Waals surface area contributed by atoms with E-state index in [9.17, 15) is 4.79 Å². The average molecular weight is 340 g/mol. The van der Waals surface area contributed by atoms with E-state index in [1.807, 2.05) is 18.2 Å². The molecule has 2 aliphatic rings. The number of carbonyl (C=O) groups excluding carboxylic acids is 1. The van der Waals surface area contributed by atoms with Crippen LogP contribution in [0.5, 0.6) is 0 Å². The van der Waals surface area contributed by atoms with E-state index in [2.05, 4.69) is 22.1 Å². The van der Waals surface area contributed by atoms with Crippen LogP contribution in [0, 0.1) is 17.8 Å². The van der Waals surface area contributed by atoms with Crippen molar-refractivity contribution < 1.29 is 9.90 Å². The number of piperidine rings is 1. The molecule has 0 spiro atoms. The molecule has 4 nitrogen and oxygen atoms in total. The van der Waals surface area contributed by atoms with Gasteiger partial charge in [-0.25, -0.2) is 0 Å². The first-order valence-electron chi connectivity index (χ1n) is 9.47. The van der Waals surface area contributed by atoms with Gasteiger partial charge >= 0.3 is 0 Å². The van der Waals surface area contributed by atoms with Crippen molar-refractivity contribution in [1.82, 2.24) is 10.2 Å². The SMILES string of the molecule is O=C(NC1CCN(CC2CCCC2)CC1)c1cccc(C#CCO)c1. The van der Waals surface area contributed by atoms with Gasteiger partial charge in [-0.3, -0.25) is 4.79 Å². The zero-order valence-electron chi connectivity index (χ0n) is 14.8.